The third kappa shape index (κ3) is 3.07. The average Bonchev–Trinajstić information content (AvgIpc) is 2.76. The Balaban J connectivity index is 1.93. The first kappa shape index (κ1) is 13.0. The molecule has 1 aromatic heterocycles. The molecule has 0 bridgehead atoms. The smallest absolute Gasteiger partial charge is 0.306 e. The number of hydrogen-bond donors (Lipinski definition) is 2. The van der Waals surface area contributed by atoms with Crippen molar-refractivity contribution >= 4 is 23.2 Å². The van der Waals surface area contributed by atoms with Crippen LogP contribution in [0.1, 0.15) is 40.4 Å². The number of aliphatic carboxylic acids is 1. The first-order chi connectivity index (χ1) is 8.56. The van der Waals surface area contributed by atoms with Crippen LogP contribution in [0.5, 0.6) is 0 Å². The summed E-state index contributed by atoms with van der Waals surface area (Å²) in [6.07, 6.45) is 4.50. The van der Waals surface area contributed by atoms with E-state index >= 15 is 0 Å². The van der Waals surface area contributed by atoms with Crippen molar-refractivity contribution in [1.82, 2.24) is 10.3 Å². The van der Waals surface area contributed by atoms with E-state index in [1.165, 1.54) is 11.3 Å². The molecule has 0 radical (unpaired) electrons. The number of nitrogens with zero attached hydrogens (tertiary/aromatic N) is 1. The molecule has 0 aromatic carbocycles. The minimum Gasteiger partial charge on any atom is -0.481 e. The Morgan fingerprint density at radius 2 is 2.28 bits per heavy atom. The van der Waals surface area contributed by atoms with E-state index in [4.69, 9.17) is 5.11 Å². The van der Waals surface area contributed by atoms with Gasteiger partial charge in [0.25, 0.3) is 5.91 Å². The van der Waals surface area contributed by atoms with Crippen LogP contribution in [-0.2, 0) is 4.79 Å². The zero-order valence-corrected chi connectivity index (χ0v) is 11.0. The number of hydrogen-bond acceptors (Lipinski definition) is 4. The van der Waals surface area contributed by atoms with Crippen molar-refractivity contribution < 1.29 is 14.7 Å². The predicted octanol–water partition coefficient (Wildman–Crippen LogP) is 1.82. The molecule has 18 heavy (non-hydrogen) atoms. The second-order valence-electron chi connectivity index (χ2n) is 4.62. The molecule has 1 heterocycles. The lowest BCUT2D eigenvalue weighted by molar-refractivity contribution is -0.143. The maximum atomic E-state index is 11.9. The first-order valence-electron chi connectivity index (χ1n) is 6.02. The van der Waals surface area contributed by atoms with Gasteiger partial charge in [-0.25, -0.2) is 4.98 Å². The highest BCUT2D eigenvalue weighted by Gasteiger charge is 2.28. The quantitative estimate of drug-likeness (QED) is 0.876. The van der Waals surface area contributed by atoms with Crippen molar-refractivity contribution in [3.63, 3.8) is 0 Å². The Morgan fingerprint density at radius 3 is 2.89 bits per heavy atom. The first-order valence-corrected chi connectivity index (χ1v) is 6.84. The van der Waals surface area contributed by atoms with Crippen LogP contribution < -0.4 is 5.32 Å². The van der Waals surface area contributed by atoms with Gasteiger partial charge in [0.15, 0.2) is 0 Å². The number of nitrogens with one attached hydrogen (secondary N) is 1. The Hall–Kier alpha value is -1.43. The Labute approximate surface area is 109 Å². The van der Waals surface area contributed by atoms with Gasteiger partial charge in [-0.1, -0.05) is 6.42 Å². The molecule has 2 unspecified atom stereocenters. The molecule has 2 rings (SSSR count). The van der Waals surface area contributed by atoms with E-state index in [0.29, 0.717) is 17.7 Å². The predicted molar refractivity (Wildman–Crippen MR) is 67.7 cm³/mol. The van der Waals surface area contributed by atoms with E-state index in [1.54, 1.807) is 6.20 Å². The highest BCUT2D eigenvalue weighted by molar-refractivity contribution is 7.13. The molecule has 1 saturated carbocycles. The van der Waals surface area contributed by atoms with Gasteiger partial charge in [0.2, 0.25) is 0 Å². The molecule has 1 aliphatic carbocycles. The summed E-state index contributed by atoms with van der Waals surface area (Å²) < 4.78 is 0. The van der Waals surface area contributed by atoms with Gasteiger partial charge >= 0.3 is 5.97 Å². The summed E-state index contributed by atoms with van der Waals surface area (Å²) in [6.45, 7) is 1.85. The molecule has 1 aromatic rings. The summed E-state index contributed by atoms with van der Waals surface area (Å²) in [4.78, 5) is 27.5. The molecular formula is C12H16N2O3S. The Kier molecular flexibility index (Phi) is 3.96. The van der Waals surface area contributed by atoms with E-state index in [2.05, 4.69) is 10.3 Å². The number of carboxylic acid groups (broad SMARTS) is 1. The van der Waals surface area contributed by atoms with E-state index in [-0.39, 0.29) is 17.9 Å². The van der Waals surface area contributed by atoms with Crippen molar-refractivity contribution in [2.24, 2.45) is 5.92 Å². The molecule has 1 fully saturated rings. The summed E-state index contributed by atoms with van der Waals surface area (Å²) in [6, 6.07) is -0.0326. The second-order valence-corrected chi connectivity index (χ2v) is 5.85. The van der Waals surface area contributed by atoms with Crippen LogP contribution in [0.25, 0.3) is 0 Å². The summed E-state index contributed by atoms with van der Waals surface area (Å²) in [7, 11) is 0. The largest absolute Gasteiger partial charge is 0.481 e. The molecule has 1 amide bonds. The van der Waals surface area contributed by atoms with E-state index in [1.807, 2.05) is 6.92 Å². The molecule has 98 valence electrons. The molecule has 5 nitrogen and oxygen atoms in total. The fourth-order valence-corrected chi connectivity index (χ4v) is 2.95. The van der Waals surface area contributed by atoms with Crippen LogP contribution in [0.4, 0.5) is 0 Å². The van der Waals surface area contributed by atoms with E-state index in [0.717, 1.165) is 17.8 Å². The molecule has 2 atom stereocenters. The minimum absolute atomic E-state index is 0.0326. The molecule has 0 aliphatic heterocycles. The number of carbonyl (C=O) groups excluding carboxylic acids is 1. The van der Waals surface area contributed by atoms with Crippen LogP contribution >= 0.6 is 11.3 Å². The van der Waals surface area contributed by atoms with Crippen molar-refractivity contribution in [3.8, 4) is 0 Å². The van der Waals surface area contributed by atoms with Gasteiger partial charge in [0.1, 0.15) is 4.88 Å². The van der Waals surface area contributed by atoms with Gasteiger partial charge in [0.05, 0.1) is 17.1 Å². The van der Waals surface area contributed by atoms with Crippen LogP contribution in [0.15, 0.2) is 6.20 Å². The van der Waals surface area contributed by atoms with Crippen molar-refractivity contribution in [1.29, 1.82) is 0 Å². The average molecular weight is 268 g/mol. The monoisotopic (exact) mass is 268 g/mol. The number of rotatable bonds is 3. The second kappa shape index (κ2) is 5.48. The SMILES string of the molecule is Cc1ncc(C(=O)NC2CCCC(C(=O)O)C2)s1. The Morgan fingerprint density at radius 1 is 1.50 bits per heavy atom. The minimum atomic E-state index is -0.761. The van der Waals surface area contributed by atoms with Crippen LogP contribution in [0.3, 0.4) is 0 Å². The fraction of sp³-hybridized carbons (Fsp3) is 0.583. The van der Waals surface area contributed by atoms with Gasteiger partial charge in [-0.05, 0) is 26.2 Å². The standard InChI is InChI=1S/C12H16N2O3S/c1-7-13-6-10(18-7)11(15)14-9-4-2-3-8(5-9)12(16)17/h6,8-9H,2-5H2,1H3,(H,14,15)(H,16,17). The summed E-state index contributed by atoms with van der Waals surface area (Å²) in [5.41, 5.74) is 0. The highest BCUT2D eigenvalue weighted by atomic mass is 32.1. The lowest BCUT2D eigenvalue weighted by atomic mass is 9.86. The number of aromatic nitrogens is 1. The van der Waals surface area contributed by atoms with E-state index in [9.17, 15) is 9.59 Å². The normalized spacial score (nSPS) is 23.6. The third-order valence-electron chi connectivity index (χ3n) is 3.20. The molecular weight excluding hydrogens is 252 g/mol. The van der Waals surface area contributed by atoms with Gasteiger partial charge in [0, 0.05) is 6.04 Å². The Bertz CT molecular complexity index is 458. The van der Waals surface area contributed by atoms with Gasteiger partial charge in [-0.3, -0.25) is 9.59 Å². The topological polar surface area (TPSA) is 79.3 Å². The summed E-state index contributed by atoms with van der Waals surface area (Å²) in [5.74, 6) is -1.23. The fourth-order valence-electron chi connectivity index (χ4n) is 2.27. The van der Waals surface area contributed by atoms with Crippen molar-refractivity contribution in [2.75, 3.05) is 0 Å². The molecule has 6 heteroatoms. The highest BCUT2D eigenvalue weighted by Crippen LogP contribution is 2.25. The third-order valence-corrected chi connectivity index (χ3v) is 4.12. The maximum absolute atomic E-state index is 11.9. The van der Waals surface area contributed by atoms with Gasteiger partial charge in [-0.15, -0.1) is 11.3 Å². The lowest BCUT2D eigenvalue weighted by Crippen LogP contribution is -2.39. The van der Waals surface area contributed by atoms with E-state index < -0.39 is 5.97 Å². The zero-order valence-electron chi connectivity index (χ0n) is 10.2. The van der Waals surface area contributed by atoms with Crippen LogP contribution in [-0.4, -0.2) is 28.0 Å². The maximum Gasteiger partial charge on any atom is 0.306 e. The molecule has 0 saturated heterocycles. The number of amides is 1. The zero-order chi connectivity index (χ0) is 13.1. The molecule has 0 spiro atoms. The number of thiazole rings is 1. The lowest BCUT2D eigenvalue weighted by Gasteiger charge is -2.27. The molecule has 2 N–H and O–H groups in total. The van der Waals surface area contributed by atoms with Gasteiger partial charge in [-0.2, -0.15) is 0 Å². The van der Waals surface area contributed by atoms with Crippen molar-refractivity contribution in [2.45, 2.75) is 38.6 Å². The number of carboxylic acids is 1. The summed E-state index contributed by atoms with van der Waals surface area (Å²) in [5, 5.41) is 12.7. The van der Waals surface area contributed by atoms with Crippen molar-refractivity contribution in [3.05, 3.63) is 16.1 Å². The molecule has 1 aliphatic rings. The van der Waals surface area contributed by atoms with Crippen LogP contribution in [0.2, 0.25) is 0 Å². The number of aryl methyl sites for hydroxylation is 1. The van der Waals surface area contributed by atoms with Gasteiger partial charge < -0.3 is 10.4 Å². The number of carbonyl (C=O) groups is 2. The van der Waals surface area contributed by atoms with Crippen LogP contribution in [0, 0.1) is 12.8 Å². The summed E-state index contributed by atoms with van der Waals surface area (Å²) >= 11 is 1.35.